The molecule has 0 saturated carbocycles. The van der Waals surface area contributed by atoms with E-state index in [4.69, 9.17) is 4.98 Å². The van der Waals surface area contributed by atoms with E-state index in [1.807, 2.05) is 36.4 Å². The number of nitrogens with one attached hydrogen (secondary N) is 1. The number of nitrogens with zero attached hydrogens (tertiary/aromatic N) is 3. The van der Waals surface area contributed by atoms with Crippen LogP contribution in [0.2, 0.25) is 0 Å². The predicted octanol–water partition coefficient (Wildman–Crippen LogP) is 1.73. The molecular weight excluding hydrogens is 312 g/mol. The molecular formula is C20H18N4O. The molecule has 1 N–H and O–H groups in total. The molecule has 0 saturated heterocycles. The predicted molar refractivity (Wildman–Crippen MR) is 97.4 cm³/mol. The van der Waals surface area contributed by atoms with Crippen molar-refractivity contribution in [2.75, 3.05) is 6.54 Å². The van der Waals surface area contributed by atoms with Crippen LogP contribution < -0.4 is 10.9 Å². The van der Waals surface area contributed by atoms with Crippen LogP contribution in [0, 0.1) is 11.8 Å². The number of aromatic nitrogens is 3. The molecule has 25 heavy (non-hydrogen) atoms. The van der Waals surface area contributed by atoms with E-state index in [-0.39, 0.29) is 11.6 Å². The normalized spacial score (nSPS) is 16.6. The molecule has 0 amide bonds. The van der Waals surface area contributed by atoms with Crippen molar-refractivity contribution < 1.29 is 0 Å². The molecule has 1 atom stereocenters. The zero-order chi connectivity index (χ0) is 17.2. The maximum absolute atomic E-state index is 12.8. The molecule has 2 aromatic heterocycles. The van der Waals surface area contributed by atoms with Crippen LogP contribution in [0.3, 0.4) is 0 Å². The first kappa shape index (κ1) is 15.6. The zero-order valence-electron chi connectivity index (χ0n) is 14.0. The highest BCUT2D eigenvalue weighted by Crippen LogP contribution is 2.13. The summed E-state index contributed by atoms with van der Waals surface area (Å²) in [6.07, 6.45) is 2.47. The third kappa shape index (κ3) is 3.17. The Morgan fingerprint density at radius 1 is 1.24 bits per heavy atom. The van der Waals surface area contributed by atoms with Gasteiger partial charge < -0.3 is 5.32 Å². The van der Waals surface area contributed by atoms with E-state index in [1.54, 1.807) is 10.8 Å². The molecule has 1 aliphatic heterocycles. The Balaban J connectivity index is 1.78. The Bertz CT molecular complexity index is 1040. The number of rotatable bonds is 0. The molecule has 3 heterocycles. The topological polar surface area (TPSA) is 59.8 Å². The fourth-order valence-electron chi connectivity index (χ4n) is 3.07. The van der Waals surface area contributed by atoms with Gasteiger partial charge in [-0.3, -0.25) is 9.36 Å². The first-order valence-electron chi connectivity index (χ1n) is 8.40. The Labute approximate surface area is 145 Å². The van der Waals surface area contributed by atoms with Crippen LogP contribution in [-0.2, 0) is 13.0 Å². The second-order valence-electron chi connectivity index (χ2n) is 6.25. The lowest BCUT2D eigenvalue weighted by Crippen LogP contribution is -2.32. The van der Waals surface area contributed by atoms with Gasteiger partial charge in [0.1, 0.15) is 11.5 Å². The Hall–Kier alpha value is -2.97. The van der Waals surface area contributed by atoms with Crippen molar-refractivity contribution in [2.24, 2.45) is 0 Å². The first-order chi connectivity index (χ1) is 12.2. The van der Waals surface area contributed by atoms with Gasteiger partial charge in [-0.25, -0.2) is 9.97 Å². The van der Waals surface area contributed by atoms with E-state index in [1.165, 1.54) is 0 Å². The largest absolute Gasteiger partial charge is 0.312 e. The van der Waals surface area contributed by atoms with Crippen LogP contribution in [0.25, 0.3) is 10.9 Å². The van der Waals surface area contributed by atoms with Crippen molar-refractivity contribution in [2.45, 2.75) is 25.9 Å². The van der Waals surface area contributed by atoms with E-state index < -0.39 is 0 Å². The summed E-state index contributed by atoms with van der Waals surface area (Å²) in [5.41, 5.74) is 2.28. The second-order valence-corrected chi connectivity index (χ2v) is 6.25. The van der Waals surface area contributed by atoms with Gasteiger partial charge in [0.25, 0.3) is 5.56 Å². The third-order valence-electron chi connectivity index (χ3n) is 4.33. The molecule has 3 aromatic rings. The fraction of sp³-hybridized carbons (Fsp3) is 0.250. The maximum Gasteiger partial charge on any atom is 0.261 e. The average molecular weight is 330 g/mol. The fourth-order valence-corrected chi connectivity index (χ4v) is 3.07. The van der Waals surface area contributed by atoms with Crippen LogP contribution in [0.1, 0.15) is 24.0 Å². The summed E-state index contributed by atoms with van der Waals surface area (Å²) in [7, 11) is 0. The number of benzene rings is 1. The molecule has 124 valence electrons. The van der Waals surface area contributed by atoms with Crippen LogP contribution >= 0.6 is 0 Å². The van der Waals surface area contributed by atoms with E-state index in [9.17, 15) is 4.79 Å². The number of fused-ring (bicyclic) bond motifs is 2. The van der Waals surface area contributed by atoms with E-state index in [0.717, 1.165) is 30.0 Å². The Morgan fingerprint density at radius 2 is 2.16 bits per heavy atom. The minimum Gasteiger partial charge on any atom is -0.312 e. The van der Waals surface area contributed by atoms with Gasteiger partial charge >= 0.3 is 0 Å². The quantitative estimate of drug-likeness (QED) is 0.638. The molecule has 1 aromatic carbocycles. The number of hydrogen-bond acceptors (Lipinski definition) is 4. The minimum absolute atomic E-state index is 0.0276. The van der Waals surface area contributed by atoms with E-state index in [2.05, 4.69) is 29.1 Å². The summed E-state index contributed by atoms with van der Waals surface area (Å²) in [6.45, 7) is 3.57. The molecule has 1 aliphatic rings. The van der Waals surface area contributed by atoms with Gasteiger partial charge in [-0.05, 0) is 43.2 Å². The Morgan fingerprint density at radius 3 is 3.00 bits per heavy atom. The lowest BCUT2D eigenvalue weighted by atomic mass is 10.1. The van der Waals surface area contributed by atoms with Crippen molar-refractivity contribution in [3.8, 4) is 11.8 Å². The van der Waals surface area contributed by atoms with Crippen molar-refractivity contribution in [1.29, 1.82) is 0 Å². The van der Waals surface area contributed by atoms with Gasteiger partial charge in [-0.15, -0.1) is 0 Å². The standard InChI is InChI=1S/C20H18N4O/c1-14-13-24-19(9-11-21-14)23-18-12-15(6-8-17(18)20(24)25)5-7-16-4-2-3-10-22-16/h2-4,6,8,10,12,14,21H,9,11,13H2,1H3. The van der Waals surface area contributed by atoms with Gasteiger partial charge in [-0.2, -0.15) is 0 Å². The van der Waals surface area contributed by atoms with E-state index >= 15 is 0 Å². The SMILES string of the molecule is CC1Cn2c(nc3cc(C#Cc4ccccn4)ccc3c2=O)CCN1. The third-order valence-corrected chi connectivity index (χ3v) is 4.33. The molecule has 0 aliphatic carbocycles. The molecule has 0 bridgehead atoms. The average Bonchev–Trinajstić information content (AvgIpc) is 2.82. The van der Waals surface area contributed by atoms with Crippen LogP contribution in [0.4, 0.5) is 0 Å². The summed E-state index contributed by atoms with van der Waals surface area (Å²) in [6, 6.07) is 11.5. The van der Waals surface area contributed by atoms with Gasteiger partial charge in [0.15, 0.2) is 0 Å². The Kier molecular flexibility index (Phi) is 4.04. The van der Waals surface area contributed by atoms with Gasteiger partial charge in [0.05, 0.1) is 10.9 Å². The lowest BCUT2D eigenvalue weighted by molar-refractivity contribution is 0.502. The van der Waals surface area contributed by atoms with Gasteiger partial charge in [-0.1, -0.05) is 12.0 Å². The highest BCUT2D eigenvalue weighted by Gasteiger charge is 2.16. The summed E-state index contributed by atoms with van der Waals surface area (Å²) in [5.74, 6) is 6.97. The summed E-state index contributed by atoms with van der Waals surface area (Å²) in [5, 5.41) is 4.03. The summed E-state index contributed by atoms with van der Waals surface area (Å²) >= 11 is 0. The monoisotopic (exact) mass is 330 g/mol. The zero-order valence-corrected chi connectivity index (χ0v) is 14.0. The highest BCUT2D eigenvalue weighted by molar-refractivity contribution is 5.79. The minimum atomic E-state index is 0.0276. The molecule has 5 heteroatoms. The number of hydrogen-bond donors (Lipinski definition) is 1. The molecule has 1 unspecified atom stereocenters. The maximum atomic E-state index is 12.8. The van der Waals surface area contributed by atoms with E-state index in [0.29, 0.717) is 17.4 Å². The van der Waals surface area contributed by atoms with Crippen LogP contribution in [0.15, 0.2) is 47.4 Å². The van der Waals surface area contributed by atoms with Crippen molar-refractivity contribution in [1.82, 2.24) is 19.9 Å². The molecule has 0 radical (unpaired) electrons. The smallest absolute Gasteiger partial charge is 0.261 e. The summed E-state index contributed by atoms with van der Waals surface area (Å²) in [4.78, 5) is 21.7. The van der Waals surface area contributed by atoms with Crippen LogP contribution in [-0.4, -0.2) is 27.1 Å². The molecule has 4 rings (SSSR count). The van der Waals surface area contributed by atoms with Crippen molar-refractivity contribution in [3.63, 3.8) is 0 Å². The molecule has 0 spiro atoms. The van der Waals surface area contributed by atoms with Crippen molar-refractivity contribution in [3.05, 3.63) is 70.0 Å². The second kappa shape index (κ2) is 6.50. The lowest BCUT2D eigenvalue weighted by Gasteiger charge is -2.12. The van der Waals surface area contributed by atoms with Gasteiger partial charge in [0.2, 0.25) is 0 Å². The number of pyridine rings is 1. The van der Waals surface area contributed by atoms with Crippen molar-refractivity contribution >= 4 is 10.9 Å². The summed E-state index contributed by atoms with van der Waals surface area (Å²) < 4.78 is 1.80. The van der Waals surface area contributed by atoms with Crippen LogP contribution in [0.5, 0.6) is 0 Å². The highest BCUT2D eigenvalue weighted by atomic mass is 16.1. The molecule has 5 nitrogen and oxygen atoms in total. The van der Waals surface area contributed by atoms with Gasteiger partial charge in [0, 0.05) is 37.3 Å². The first-order valence-corrected chi connectivity index (χ1v) is 8.40. The molecule has 0 fully saturated rings.